The Labute approximate surface area is 54.5 Å². The second-order valence-corrected chi connectivity index (χ2v) is 2.07. The van der Waals surface area contributed by atoms with Crippen molar-refractivity contribution in [3.8, 4) is 0 Å². The Kier molecular flexibility index (Phi) is 3.49. The molecular formula is C3H5IO3. The van der Waals surface area contributed by atoms with E-state index in [9.17, 15) is 4.79 Å². The average Bonchev–Trinajstić information content (AvgIpc) is 1.65. The summed E-state index contributed by atoms with van der Waals surface area (Å²) in [5, 5.41) is 16.4. The van der Waals surface area contributed by atoms with E-state index in [4.69, 9.17) is 10.2 Å². The van der Waals surface area contributed by atoms with Gasteiger partial charge in [0.25, 0.3) is 0 Å². The normalized spacial score (nSPS) is 13.6. The maximum absolute atomic E-state index is 9.95. The average molecular weight is 216 g/mol. The molecule has 0 fully saturated rings. The highest BCUT2D eigenvalue weighted by Crippen LogP contribution is 1.91. The summed E-state index contributed by atoms with van der Waals surface area (Å²) in [6.07, 6.45) is -1.19. The predicted octanol–water partition coefficient (Wildman–Crippen LogP) is -0.699. The minimum atomic E-state index is -1.19. The standard InChI is InChI=1S/C3H5IO3/c4-3(7)2(6)1-5/h2,5-6H,1H2. The summed E-state index contributed by atoms with van der Waals surface area (Å²) in [4.78, 5) is 9.95. The van der Waals surface area contributed by atoms with E-state index < -0.39 is 16.5 Å². The van der Waals surface area contributed by atoms with Crippen molar-refractivity contribution >= 4 is 26.4 Å². The second-order valence-electron chi connectivity index (χ2n) is 1.00. The first-order valence-electron chi connectivity index (χ1n) is 1.66. The number of hydrogen-bond donors (Lipinski definition) is 2. The molecule has 0 aromatic carbocycles. The maximum Gasteiger partial charge on any atom is 0.222 e. The molecule has 0 saturated heterocycles. The lowest BCUT2D eigenvalue weighted by Gasteiger charge is -1.95. The van der Waals surface area contributed by atoms with E-state index >= 15 is 0 Å². The molecule has 4 heteroatoms. The highest BCUT2D eigenvalue weighted by Gasteiger charge is 2.07. The summed E-state index contributed by atoms with van der Waals surface area (Å²) >= 11 is 1.42. The Hall–Kier alpha value is 0.320. The number of halogens is 1. The van der Waals surface area contributed by atoms with Crippen molar-refractivity contribution in [2.24, 2.45) is 0 Å². The molecule has 0 amide bonds. The van der Waals surface area contributed by atoms with Crippen molar-refractivity contribution in [1.82, 2.24) is 0 Å². The third-order valence-electron chi connectivity index (χ3n) is 0.435. The Morgan fingerprint density at radius 3 is 2.29 bits per heavy atom. The number of carbonyl (C=O) groups excluding carboxylic acids is 1. The Bertz CT molecular complexity index is 72.6. The Morgan fingerprint density at radius 2 is 2.29 bits per heavy atom. The van der Waals surface area contributed by atoms with Gasteiger partial charge in [0.1, 0.15) is 6.10 Å². The number of rotatable bonds is 2. The van der Waals surface area contributed by atoms with Gasteiger partial charge in [-0.05, 0) is 0 Å². The monoisotopic (exact) mass is 216 g/mol. The van der Waals surface area contributed by atoms with Crippen molar-refractivity contribution in [2.45, 2.75) is 6.10 Å². The van der Waals surface area contributed by atoms with Crippen LogP contribution in [0.5, 0.6) is 0 Å². The molecule has 0 saturated carbocycles. The number of hydrogen-bond acceptors (Lipinski definition) is 3. The van der Waals surface area contributed by atoms with E-state index in [0.29, 0.717) is 0 Å². The van der Waals surface area contributed by atoms with Crippen LogP contribution in [0, 0.1) is 0 Å². The molecule has 1 unspecified atom stereocenters. The molecule has 0 aromatic heterocycles. The van der Waals surface area contributed by atoms with Gasteiger partial charge in [-0.1, -0.05) is 0 Å². The molecule has 0 rings (SSSR count). The lowest BCUT2D eigenvalue weighted by molar-refractivity contribution is -0.118. The third kappa shape index (κ3) is 2.95. The smallest absolute Gasteiger partial charge is 0.222 e. The van der Waals surface area contributed by atoms with Crippen molar-refractivity contribution in [3.05, 3.63) is 0 Å². The van der Waals surface area contributed by atoms with Gasteiger partial charge < -0.3 is 10.2 Å². The first-order valence-corrected chi connectivity index (χ1v) is 2.74. The zero-order valence-corrected chi connectivity index (χ0v) is 5.62. The van der Waals surface area contributed by atoms with Crippen LogP contribution in [-0.2, 0) is 4.79 Å². The highest BCUT2D eigenvalue weighted by molar-refractivity contribution is 14.1. The lowest BCUT2D eigenvalue weighted by Crippen LogP contribution is -2.18. The number of aliphatic hydroxyl groups excluding tert-OH is 2. The van der Waals surface area contributed by atoms with E-state index in [1.807, 2.05) is 0 Å². The second kappa shape index (κ2) is 3.34. The predicted molar refractivity (Wildman–Crippen MR) is 32.1 cm³/mol. The van der Waals surface area contributed by atoms with Crippen LogP contribution in [-0.4, -0.2) is 26.7 Å². The minimum Gasteiger partial charge on any atom is -0.393 e. The molecule has 0 aliphatic carbocycles. The van der Waals surface area contributed by atoms with E-state index in [-0.39, 0.29) is 0 Å². The van der Waals surface area contributed by atoms with Gasteiger partial charge in [-0.25, -0.2) is 0 Å². The topological polar surface area (TPSA) is 57.5 Å². The maximum atomic E-state index is 9.95. The van der Waals surface area contributed by atoms with Crippen molar-refractivity contribution < 1.29 is 15.0 Å². The van der Waals surface area contributed by atoms with E-state index in [1.54, 1.807) is 0 Å². The van der Waals surface area contributed by atoms with Crippen LogP contribution in [0.15, 0.2) is 0 Å². The largest absolute Gasteiger partial charge is 0.393 e. The zero-order chi connectivity index (χ0) is 5.86. The number of aliphatic hydroxyl groups is 2. The molecule has 0 aliphatic heterocycles. The fraction of sp³-hybridized carbons (Fsp3) is 0.667. The summed E-state index contributed by atoms with van der Waals surface area (Å²) in [7, 11) is 0. The molecule has 0 bridgehead atoms. The Morgan fingerprint density at radius 1 is 1.86 bits per heavy atom. The van der Waals surface area contributed by atoms with Gasteiger partial charge in [0.2, 0.25) is 3.79 Å². The van der Waals surface area contributed by atoms with Gasteiger partial charge in [-0.3, -0.25) is 4.79 Å². The van der Waals surface area contributed by atoms with Crippen LogP contribution >= 0.6 is 22.6 Å². The van der Waals surface area contributed by atoms with E-state index in [2.05, 4.69) is 0 Å². The van der Waals surface area contributed by atoms with Crippen LogP contribution in [0.25, 0.3) is 0 Å². The van der Waals surface area contributed by atoms with Gasteiger partial charge >= 0.3 is 0 Å². The van der Waals surface area contributed by atoms with E-state index in [1.165, 1.54) is 22.6 Å². The molecule has 0 spiro atoms. The molecule has 0 radical (unpaired) electrons. The quantitative estimate of drug-likeness (QED) is 0.474. The van der Waals surface area contributed by atoms with Crippen molar-refractivity contribution in [3.63, 3.8) is 0 Å². The summed E-state index contributed by atoms with van der Waals surface area (Å²) in [6.45, 7) is -0.484. The van der Waals surface area contributed by atoms with Crippen LogP contribution in [0.2, 0.25) is 0 Å². The molecule has 1 atom stereocenters. The fourth-order valence-electron chi connectivity index (χ4n) is 0.0718. The van der Waals surface area contributed by atoms with Crippen molar-refractivity contribution in [2.75, 3.05) is 6.61 Å². The molecule has 0 aromatic rings. The summed E-state index contributed by atoms with van der Waals surface area (Å²) in [5.74, 6) is 0. The molecule has 2 N–H and O–H groups in total. The summed E-state index contributed by atoms with van der Waals surface area (Å²) in [5.41, 5.74) is 0. The fourth-order valence-corrected chi connectivity index (χ4v) is 0.269. The molecule has 0 aliphatic rings. The SMILES string of the molecule is O=C(I)C(O)CO. The van der Waals surface area contributed by atoms with Gasteiger partial charge in [0.05, 0.1) is 6.61 Å². The van der Waals surface area contributed by atoms with Crippen LogP contribution in [0.3, 0.4) is 0 Å². The van der Waals surface area contributed by atoms with E-state index in [0.717, 1.165) is 0 Å². The van der Waals surface area contributed by atoms with Gasteiger partial charge in [0, 0.05) is 22.6 Å². The van der Waals surface area contributed by atoms with Crippen molar-refractivity contribution in [1.29, 1.82) is 0 Å². The molecule has 7 heavy (non-hydrogen) atoms. The molecular weight excluding hydrogens is 211 g/mol. The molecule has 0 heterocycles. The van der Waals surface area contributed by atoms with Gasteiger partial charge in [0.15, 0.2) is 0 Å². The number of carbonyl (C=O) groups is 1. The van der Waals surface area contributed by atoms with Crippen LogP contribution in [0.4, 0.5) is 0 Å². The zero-order valence-electron chi connectivity index (χ0n) is 3.47. The summed E-state index contributed by atoms with van der Waals surface area (Å²) < 4.78 is -0.430. The Balaban J connectivity index is 3.34. The summed E-state index contributed by atoms with van der Waals surface area (Å²) in [6, 6.07) is 0. The third-order valence-corrected chi connectivity index (χ3v) is 1.15. The van der Waals surface area contributed by atoms with Crippen LogP contribution < -0.4 is 0 Å². The van der Waals surface area contributed by atoms with Gasteiger partial charge in [-0.2, -0.15) is 0 Å². The minimum absolute atomic E-state index is 0.430. The first-order chi connectivity index (χ1) is 3.18. The highest BCUT2D eigenvalue weighted by atomic mass is 127. The lowest BCUT2D eigenvalue weighted by atomic mass is 10.4. The van der Waals surface area contributed by atoms with Gasteiger partial charge in [-0.15, -0.1) is 0 Å². The first kappa shape index (κ1) is 7.32. The molecule has 42 valence electrons. The molecule has 3 nitrogen and oxygen atoms in total. The van der Waals surface area contributed by atoms with Crippen LogP contribution in [0.1, 0.15) is 0 Å².